The lowest BCUT2D eigenvalue weighted by atomic mass is 9.42. The van der Waals surface area contributed by atoms with E-state index in [1.807, 2.05) is 60.7 Å². The summed E-state index contributed by atoms with van der Waals surface area (Å²) in [7, 11) is 0. The first-order valence-corrected chi connectivity index (χ1v) is 21.4. The van der Waals surface area contributed by atoms with Crippen LogP contribution in [0.25, 0.3) is 0 Å². The Balaban J connectivity index is 1.05. The Morgan fingerprint density at radius 3 is 1.70 bits per heavy atom. The maximum atomic E-state index is 6.26. The number of fused-ring (bicyclic) bond motifs is 5. The highest BCUT2D eigenvalue weighted by Crippen LogP contribution is 2.70. The van der Waals surface area contributed by atoms with E-state index in [4.69, 9.17) is 9.47 Å². The van der Waals surface area contributed by atoms with Gasteiger partial charge in [0.2, 0.25) is 0 Å². The molecule has 280 valence electrons. The van der Waals surface area contributed by atoms with Crippen LogP contribution >= 0.6 is 0 Å². The van der Waals surface area contributed by atoms with E-state index >= 15 is 0 Å². The standard InChI is InChI=1S/C51H64O2/c1-35(2)13-12-14-36(3)47-29-30-48-44-28-23-39-33-45(37-19-24-42(25-20-37)52-40-15-8-6-9-16-40)46(34-51(39,5)49(44)31-32-50(47,48)4)38-21-26-43(27-22-38)53-41-17-10-7-11-18-41/h6-11,15-22,24-27,35-36,39,44-49H,12-14,23,28-34H2,1-5H3. The molecule has 0 aromatic heterocycles. The van der Waals surface area contributed by atoms with Crippen LogP contribution in [0.2, 0.25) is 0 Å². The van der Waals surface area contributed by atoms with E-state index in [2.05, 4.69) is 83.1 Å². The number of hydrogen-bond acceptors (Lipinski definition) is 2. The second kappa shape index (κ2) is 15.3. The minimum atomic E-state index is 0.377. The Kier molecular flexibility index (Phi) is 10.5. The Morgan fingerprint density at radius 2 is 1.11 bits per heavy atom. The van der Waals surface area contributed by atoms with Gasteiger partial charge in [-0.25, -0.2) is 0 Å². The second-order valence-electron chi connectivity index (χ2n) is 18.8. The fraction of sp³-hybridized carbons (Fsp3) is 0.529. The molecule has 0 aliphatic heterocycles. The van der Waals surface area contributed by atoms with E-state index in [9.17, 15) is 0 Å². The summed E-state index contributed by atoms with van der Waals surface area (Å²) >= 11 is 0. The van der Waals surface area contributed by atoms with E-state index in [-0.39, 0.29) is 0 Å². The summed E-state index contributed by atoms with van der Waals surface area (Å²) in [5.41, 5.74) is 3.85. The molecule has 4 fully saturated rings. The fourth-order valence-corrected chi connectivity index (χ4v) is 12.9. The molecular weight excluding hydrogens is 645 g/mol. The van der Waals surface area contributed by atoms with Gasteiger partial charge in [-0.15, -0.1) is 0 Å². The highest BCUT2D eigenvalue weighted by atomic mass is 16.5. The molecule has 10 atom stereocenters. The third kappa shape index (κ3) is 7.34. The first kappa shape index (κ1) is 36.5. The maximum Gasteiger partial charge on any atom is 0.127 e. The smallest absolute Gasteiger partial charge is 0.127 e. The summed E-state index contributed by atoms with van der Waals surface area (Å²) in [6.07, 6.45) is 15.5. The quantitative estimate of drug-likeness (QED) is 0.154. The van der Waals surface area contributed by atoms with Crippen LogP contribution in [0.3, 0.4) is 0 Å². The molecule has 2 heteroatoms. The van der Waals surface area contributed by atoms with E-state index in [1.165, 1.54) is 81.8 Å². The van der Waals surface area contributed by atoms with Crippen molar-refractivity contribution in [2.75, 3.05) is 0 Å². The molecule has 53 heavy (non-hydrogen) atoms. The number of para-hydroxylation sites is 2. The van der Waals surface area contributed by atoms with Gasteiger partial charge in [-0.1, -0.05) is 115 Å². The van der Waals surface area contributed by atoms with Gasteiger partial charge in [0.05, 0.1) is 0 Å². The number of rotatable bonds is 11. The Hall–Kier alpha value is -3.52. The Morgan fingerprint density at radius 1 is 0.566 bits per heavy atom. The predicted octanol–water partition coefficient (Wildman–Crippen LogP) is 14.9. The van der Waals surface area contributed by atoms with Crippen LogP contribution < -0.4 is 9.47 Å². The molecule has 0 spiro atoms. The van der Waals surface area contributed by atoms with Crippen LogP contribution in [-0.2, 0) is 0 Å². The largest absolute Gasteiger partial charge is 0.457 e. The molecule has 0 heterocycles. The van der Waals surface area contributed by atoms with Gasteiger partial charge in [0.25, 0.3) is 0 Å². The highest BCUT2D eigenvalue weighted by Gasteiger charge is 2.61. The topological polar surface area (TPSA) is 18.5 Å². The van der Waals surface area contributed by atoms with Crippen LogP contribution in [0.1, 0.15) is 128 Å². The molecule has 4 aromatic carbocycles. The lowest BCUT2D eigenvalue weighted by molar-refractivity contribution is -0.120. The summed E-state index contributed by atoms with van der Waals surface area (Å²) < 4.78 is 12.5. The number of ether oxygens (including phenoxy) is 2. The van der Waals surface area contributed by atoms with E-state index < -0.39 is 0 Å². The molecule has 0 radical (unpaired) electrons. The van der Waals surface area contributed by atoms with E-state index in [0.29, 0.717) is 22.7 Å². The van der Waals surface area contributed by atoms with Gasteiger partial charge < -0.3 is 9.47 Å². The van der Waals surface area contributed by atoms with E-state index in [0.717, 1.165) is 64.4 Å². The SMILES string of the molecule is CC(C)CCCC(C)C1CCC2C3CCC4CC(c5ccc(Oc6ccccc6)cc5)C(c5ccc(Oc6ccccc6)cc5)CC4(C)C3CCC12C. The van der Waals surface area contributed by atoms with Gasteiger partial charge in [-0.3, -0.25) is 0 Å². The average molecular weight is 709 g/mol. The summed E-state index contributed by atoms with van der Waals surface area (Å²) in [5.74, 6) is 10.6. The minimum absolute atomic E-state index is 0.377. The molecular formula is C51H64O2. The molecule has 4 aliphatic rings. The average Bonchev–Trinajstić information content (AvgIpc) is 3.53. The van der Waals surface area contributed by atoms with Gasteiger partial charge in [0, 0.05) is 0 Å². The fourth-order valence-electron chi connectivity index (χ4n) is 12.9. The summed E-state index contributed by atoms with van der Waals surface area (Å²) in [6.45, 7) is 12.9. The predicted molar refractivity (Wildman–Crippen MR) is 220 cm³/mol. The van der Waals surface area contributed by atoms with Crippen molar-refractivity contribution in [3.05, 3.63) is 120 Å². The van der Waals surface area contributed by atoms with Crippen molar-refractivity contribution in [2.24, 2.45) is 52.3 Å². The molecule has 4 saturated carbocycles. The molecule has 2 nitrogen and oxygen atoms in total. The molecule has 4 aliphatic carbocycles. The molecule has 0 saturated heterocycles. The molecule has 0 amide bonds. The van der Waals surface area contributed by atoms with Crippen molar-refractivity contribution in [2.45, 2.75) is 117 Å². The number of hydrogen-bond donors (Lipinski definition) is 0. The molecule has 8 rings (SSSR count). The molecule has 10 unspecified atom stereocenters. The third-order valence-electron chi connectivity index (χ3n) is 15.5. The molecule has 4 aromatic rings. The summed E-state index contributed by atoms with van der Waals surface area (Å²) in [5, 5.41) is 0. The second-order valence-corrected chi connectivity index (χ2v) is 18.8. The minimum Gasteiger partial charge on any atom is -0.457 e. The van der Waals surface area contributed by atoms with Crippen molar-refractivity contribution in [3.8, 4) is 23.0 Å². The summed E-state index contributed by atoms with van der Waals surface area (Å²) in [6, 6.07) is 38.6. The number of benzene rings is 4. The Bertz CT molecular complexity index is 1760. The summed E-state index contributed by atoms with van der Waals surface area (Å²) in [4.78, 5) is 0. The molecule has 0 N–H and O–H groups in total. The van der Waals surface area contributed by atoms with Crippen LogP contribution in [-0.4, -0.2) is 0 Å². The van der Waals surface area contributed by atoms with Gasteiger partial charge in [-0.2, -0.15) is 0 Å². The van der Waals surface area contributed by atoms with Crippen molar-refractivity contribution in [1.82, 2.24) is 0 Å². The lowest BCUT2D eigenvalue weighted by Gasteiger charge is -2.62. The zero-order valence-corrected chi connectivity index (χ0v) is 33.2. The maximum absolute atomic E-state index is 6.26. The van der Waals surface area contributed by atoms with Crippen molar-refractivity contribution in [3.63, 3.8) is 0 Å². The monoisotopic (exact) mass is 708 g/mol. The lowest BCUT2D eigenvalue weighted by Crippen LogP contribution is -2.54. The zero-order valence-electron chi connectivity index (χ0n) is 33.2. The van der Waals surface area contributed by atoms with Crippen LogP contribution in [0, 0.1) is 52.3 Å². The van der Waals surface area contributed by atoms with Crippen LogP contribution in [0.5, 0.6) is 23.0 Å². The van der Waals surface area contributed by atoms with Gasteiger partial charge in [0.15, 0.2) is 0 Å². The van der Waals surface area contributed by atoms with Crippen LogP contribution in [0.4, 0.5) is 0 Å². The normalized spacial score (nSPS) is 32.7. The molecule has 0 bridgehead atoms. The first-order chi connectivity index (χ1) is 25.7. The van der Waals surface area contributed by atoms with Crippen LogP contribution in [0.15, 0.2) is 109 Å². The van der Waals surface area contributed by atoms with Gasteiger partial charge in [0.1, 0.15) is 23.0 Å². The zero-order chi connectivity index (χ0) is 36.6. The van der Waals surface area contributed by atoms with E-state index in [1.54, 1.807) is 0 Å². The van der Waals surface area contributed by atoms with Gasteiger partial charge in [-0.05, 0) is 175 Å². The Labute approximate surface area is 321 Å². The van der Waals surface area contributed by atoms with Crippen molar-refractivity contribution >= 4 is 0 Å². The van der Waals surface area contributed by atoms with Crippen molar-refractivity contribution < 1.29 is 9.47 Å². The highest BCUT2D eigenvalue weighted by molar-refractivity contribution is 5.39. The van der Waals surface area contributed by atoms with Gasteiger partial charge >= 0.3 is 0 Å². The van der Waals surface area contributed by atoms with Crippen molar-refractivity contribution in [1.29, 1.82) is 0 Å². The third-order valence-corrected chi connectivity index (χ3v) is 15.5. The first-order valence-electron chi connectivity index (χ1n) is 21.4.